The van der Waals surface area contributed by atoms with Crippen molar-refractivity contribution < 1.29 is 13.2 Å². The summed E-state index contributed by atoms with van der Waals surface area (Å²) in [6.07, 6.45) is -3.06. The van der Waals surface area contributed by atoms with Gasteiger partial charge in [0.1, 0.15) is 0 Å². The summed E-state index contributed by atoms with van der Waals surface area (Å²) in [5, 5.41) is 12.5. The molecule has 1 aromatic carbocycles. The van der Waals surface area contributed by atoms with E-state index in [1.54, 1.807) is 0 Å². The Balaban J connectivity index is 2.31. The van der Waals surface area contributed by atoms with Gasteiger partial charge in [0.05, 0.1) is 17.0 Å². The lowest BCUT2D eigenvalue weighted by atomic mass is 9.74. The van der Waals surface area contributed by atoms with Crippen molar-refractivity contribution in [3.63, 3.8) is 0 Å². The zero-order chi connectivity index (χ0) is 13.2. The van der Waals surface area contributed by atoms with E-state index in [0.29, 0.717) is 31.5 Å². The van der Waals surface area contributed by atoms with Crippen LogP contribution in [0.3, 0.4) is 0 Å². The highest BCUT2D eigenvalue weighted by molar-refractivity contribution is 5.36. The minimum atomic E-state index is -4.33. The summed E-state index contributed by atoms with van der Waals surface area (Å²) in [6.45, 7) is 1.43. The normalized spacial score (nSPS) is 19.2. The smallest absolute Gasteiger partial charge is 0.317 e. The van der Waals surface area contributed by atoms with Gasteiger partial charge in [-0.2, -0.15) is 18.4 Å². The van der Waals surface area contributed by atoms with Gasteiger partial charge in [-0.15, -0.1) is 0 Å². The highest BCUT2D eigenvalue weighted by Crippen LogP contribution is 2.35. The van der Waals surface area contributed by atoms with Crippen LogP contribution in [0.5, 0.6) is 0 Å². The van der Waals surface area contributed by atoms with E-state index in [0.717, 1.165) is 12.1 Å². The van der Waals surface area contributed by atoms with Crippen molar-refractivity contribution in [2.24, 2.45) is 0 Å². The van der Waals surface area contributed by atoms with Crippen LogP contribution in [0.25, 0.3) is 0 Å². The first-order chi connectivity index (χ1) is 8.48. The van der Waals surface area contributed by atoms with Crippen LogP contribution < -0.4 is 5.32 Å². The zero-order valence-corrected chi connectivity index (χ0v) is 9.72. The Morgan fingerprint density at radius 2 is 1.67 bits per heavy atom. The summed E-state index contributed by atoms with van der Waals surface area (Å²) >= 11 is 0. The van der Waals surface area contributed by atoms with Crippen molar-refractivity contribution in [1.82, 2.24) is 5.32 Å². The third kappa shape index (κ3) is 2.34. The number of hydrogen-bond acceptors (Lipinski definition) is 2. The average molecular weight is 254 g/mol. The Hall–Kier alpha value is -1.54. The van der Waals surface area contributed by atoms with E-state index in [9.17, 15) is 18.4 Å². The van der Waals surface area contributed by atoms with Crippen molar-refractivity contribution in [3.8, 4) is 6.07 Å². The van der Waals surface area contributed by atoms with Gasteiger partial charge in [-0.1, -0.05) is 12.1 Å². The lowest BCUT2D eigenvalue weighted by molar-refractivity contribution is -0.137. The van der Waals surface area contributed by atoms with Crippen molar-refractivity contribution in [1.29, 1.82) is 5.26 Å². The van der Waals surface area contributed by atoms with Gasteiger partial charge in [-0.3, -0.25) is 0 Å². The molecule has 0 aromatic heterocycles. The summed E-state index contributed by atoms with van der Waals surface area (Å²) in [5.41, 5.74) is -0.636. The molecule has 1 aromatic rings. The Kier molecular flexibility index (Phi) is 3.31. The second-order valence-corrected chi connectivity index (χ2v) is 4.52. The fourth-order valence-corrected chi connectivity index (χ4v) is 2.30. The van der Waals surface area contributed by atoms with Gasteiger partial charge in [-0.25, -0.2) is 0 Å². The van der Waals surface area contributed by atoms with Gasteiger partial charge in [0.2, 0.25) is 0 Å². The van der Waals surface area contributed by atoms with Crippen LogP contribution >= 0.6 is 0 Å². The molecular formula is C13H13F3N2. The molecular weight excluding hydrogens is 241 g/mol. The maximum atomic E-state index is 12.5. The third-order valence-electron chi connectivity index (χ3n) is 3.44. The largest absolute Gasteiger partial charge is 0.416 e. The molecule has 0 spiro atoms. The molecule has 1 aliphatic heterocycles. The lowest BCUT2D eigenvalue weighted by Crippen LogP contribution is -2.38. The van der Waals surface area contributed by atoms with Gasteiger partial charge in [-0.05, 0) is 43.6 Å². The predicted octanol–water partition coefficient (Wildman–Crippen LogP) is 2.85. The maximum Gasteiger partial charge on any atom is 0.416 e. The number of benzene rings is 1. The van der Waals surface area contributed by atoms with Gasteiger partial charge < -0.3 is 5.32 Å². The highest BCUT2D eigenvalue weighted by atomic mass is 19.4. The molecule has 0 atom stereocenters. The van der Waals surface area contributed by atoms with Crippen molar-refractivity contribution in [2.75, 3.05) is 13.1 Å². The van der Waals surface area contributed by atoms with E-state index >= 15 is 0 Å². The molecule has 2 nitrogen and oxygen atoms in total. The number of alkyl halides is 3. The molecule has 0 unspecified atom stereocenters. The lowest BCUT2D eigenvalue weighted by Gasteiger charge is -2.31. The van der Waals surface area contributed by atoms with Crippen molar-refractivity contribution in [2.45, 2.75) is 24.4 Å². The van der Waals surface area contributed by atoms with E-state index in [1.807, 2.05) is 0 Å². The monoisotopic (exact) mass is 254 g/mol. The summed E-state index contributed by atoms with van der Waals surface area (Å²) in [4.78, 5) is 0. The molecule has 0 bridgehead atoms. The van der Waals surface area contributed by atoms with E-state index in [-0.39, 0.29) is 0 Å². The second kappa shape index (κ2) is 4.62. The molecule has 0 saturated carbocycles. The van der Waals surface area contributed by atoms with Crippen molar-refractivity contribution >= 4 is 0 Å². The maximum absolute atomic E-state index is 12.5. The second-order valence-electron chi connectivity index (χ2n) is 4.52. The Morgan fingerprint density at radius 3 is 2.11 bits per heavy atom. The molecule has 1 aliphatic rings. The standard InChI is InChI=1S/C13H13F3N2/c14-13(15,16)11-3-1-10(2-4-11)12(9-17)5-7-18-8-6-12/h1-4,18H,5-8H2. The fraction of sp³-hybridized carbons (Fsp3) is 0.462. The minimum absolute atomic E-state index is 0.634. The fourth-order valence-electron chi connectivity index (χ4n) is 2.30. The number of rotatable bonds is 1. The minimum Gasteiger partial charge on any atom is -0.317 e. The molecule has 1 fully saturated rings. The molecule has 0 aliphatic carbocycles. The first-order valence-corrected chi connectivity index (χ1v) is 5.78. The molecule has 2 rings (SSSR count). The van der Waals surface area contributed by atoms with Gasteiger partial charge >= 0.3 is 6.18 Å². The molecule has 96 valence electrons. The average Bonchev–Trinajstić information content (AvgIpc) is 2.39. The summed E-state index contributed by atoms with van der Waals surface area (Å²) in [7, 11) is 0. The Morgan fingerprint density at radius 1 is 1.11 bits per heavy atom. The summed E-state index contributed by atoms with van der Waals surface area (Å²) in [5.74, 6) is 0. The van der Waals surface area contributed by atoms with Crippen LogP contribution in [0.1, 0.15) is 24.0 Å². The SMILES string of the molecule is N#CC1(c2ccc(C(F)(F)F)cc2)CCNCC1. The van der Waals surface area contributed by atoms with Crippen LogP contribution in [-0.2, 0) is 11.6 Å². The topological polar surface area (TPSA) is 35.8 Å². The third-order valence-corrected chi connectivity index (χ3v) is 3.44. The first-order valence-electron chi connectivity index (χ1n) is 5.78. The van der Waals surface area contributed by atoms with Crippen LogP contribution in [0.2, 0.25) is 0 Å². The molecule has 1 saturated heterocycles. The molecule has 1 N–H and O–H groups in total. The number of nitriles is 1. The number of nitrogens with one attached hydrogen (secondary N) is 1. The van der Waals surface area contributed by atoms with Crippen LogP contribution in [0.4, 0.5) is 13.2 Å². The summed E-state index contributed by atoms with van der Waals surface area (Å²) < 4.78 is 37.4. The molecule has 18 heavy (non-hydrogen) atoms. The molecule has 1 heterocycles. The number of piperidine rings is 1. The first kappa shape index (κ1) is 12.9. The number of hydrogen-bond donors (Lipinski definition) is 1. The zero-order valence-electron chi connectivity index (χ0n) is 9.72. The van der Waals surface area contributed by atoms with E-state index in [2.05, 4.69) is 11.4 Å². The molecule has 5 heteroatoms. The number of halogens is 3. The van der Waals surface area contributed by atoms with Crippen LogP contribution in [-0.4, -0.2) is 13.1 Å². The Bertz CT molecular complexity index is 451. The highest BCUT2D eigenvalue weighted by Gasteiger charge is 2.35. The van der Waals surface area contributed by atoms with E-state index in [1.165, 1.54) is 12.1 Å². The molecule has 0 amide bonds. The van der Waals surface area contributed by atoms with Gasteiger partial charge in [0.25, 0.3) is 0 Å². The quantitative estimate of drug-likeness (QED) is 0.836. The number of nitrogens with zero attached hydrogens (tertiary/aromatic N) is 1. The van der Waals surface area contributed by atoms with Crippen LogP contribution in [0, 0.1) is 11.3 Å². The predicted molar refractivity (Wildman–Crippen MR) is 60.8 cm³/mol. The van der Waals surface area contributed by atoms with Gasteiger partial charge in [0, 0.05) is 0 Å². The summed E-state index contributed by atoms with van der Waals surface area (Å²) in [6, 6.07) is 7.23. The van der Waals surface area contributed by atoms with Crippen molar-refractivity contribution in [3.05, 3.63) is 35.4 Å². The van der Waals surface area contributed by atoms with Crippen LogP contribution in [0.15, 0.2) is 24.3 Å². The molecule has 0 radical (unpaired) electrons. The Labute approximate surface area is 103 Å². The van der Waals surface area contributed by atoms with E-state index < -0.39 is 17.2 Å². The van der Waals surface area contributed by atoms with E-state index in [4.69, 9.17) is 0 Å². The van der Waals surface area contributed by atoms with Gasteiger partial charge in [0.15, 0.2) is 0 Å².